The molecule has 2 aliphatic rings. The van der Waals surface area contributed by atoms with Crippen molar-refractivity contribution in [3.05, 3.63) is 0 Å². The van der Waals surface area contributed by atoms with Gasteiger partial charge in [0.2, 0.25) is 5.91 Å². The molecule has 0 heterocycles. The van der Waals surface area contributed by atoms with Gasteiger partial charge in [0.25, 0.3) is 0 Å². The van der Waals surface area contributed by atoms with Gasteiger partial charge in [-0.05, 0) is 50.9 Å². The molecule has 20 heavy (non-hydrogen) atoms. The van der Waals surface area contributed by atoms with E-state index in [1.807, 2.05) is 0 Å². The van der Waals surface area contributed by atoms with Crippen LogP contribution in [0.25, 0.3) is 0 Å². The molecule has 2 aliphatic carbocycles. The topological polar surface area (TPSA) is 58.6 Å². The number of methoxy groups -OCH3 is 1. The SMILES string of the molecule is CCC1CCC(O)(CNC(=O)CC2(OC)CCC2)CC1. The second kappa shape index (κ2) is 6.44. The summed E-state index contributed by atoms with van der Waals surface area (Å²) in [7, 11) is 1.69. The Morgan fingerprint density at radius 1 is 1.30 bits per heavy atom. The summed E-state index contributed by atoms with van der Waals surface area (Å²) in [4.78, 5) is 12.0. The number of amides is 1. The van der Waals surface area contributed by atoms with Crippen LogP contribution < -0.4 is 5.32 Å². The van der Waals surface area contributed by atoms with Crippen LogP contribution >= 0.6 is 0 Å². The minimum atomic E-state index is -0.693. The van der Waals surface area contributed by atoms with Gasteiger partial charge in [-0.1, -0.05) is 13.3 Å². The molecular formula is C16H29NO3. The lowest BCUT2D eigenvalue weighted by atomic mass is 9.76. The van der Waals surface area contributed by atoms with Gasteiger partial charge in [0, 0.05) is 13.7 Å². The maximum absolute atomic E-state index is 12.0. The van der Waals surface area contributed by atoms with Gasteiger partial charge < -0.3 is 15.2 Å². The van der Waals surface area contributed by atoms with Crippen molar-refractivity contribution in [3.8, 4) is 0 Å². The van der Waals surface area contributed by atoms with E-state index >= 15 is 0 Å². The number of carbonyl (C=O) groups excluding carboxylic acids is 1. The third-order valence-corrected chi connectivity index (χ3v) is 5.41. The highest BCUT2D eigenvalue weighted by Crippen LogP contribution is 2.38. The predicted molar refractivity (Wildman–Crippen MR) is 78.4 cm³/mol. The molecule has 0 aliphatic heterocycles. The summed E-state index contributed by atoms with van der Waals surface area (Å²) in [6.07, 6.45) is 8.47. The Morgan fingerprint density at radius 3 is 2.40 bits per heavy atom. The summed E-state index contributed by atoms with van der Waals surface area (Å²) in [5, 5.41) is 13.4. The summed E-state index contributed by atoms with van der Waals surface area (Å²) in [5.74, 6) is 0.760. The third-order valence-electron chi connectivity index (χ3n) is 5.41. The molecule has 2 fully saturated rings. The highest BCUT2D eigenvalue weighted by molar-refractivity contribution is 5.77. The molecule has 116 valence electrons. The van der Waals surface area contributed by atoms with Crippen LogP contribution in [0.3, 0.4) is 0 Å². The molecule has 0 unspecified atom stereocenters. The Bertz CT molecular complexity index is 325. The Morgan fingerprint density at radius 2 is 1.95 bits per heavy atom. The van der Waals surface area contributed by atoms with Crippen molar-refractivity contribution in [1.82, 2.24) is 5.32 Å². The summed E-state index contributed by atoms with van der Waals surface area (Å²) in [6.45, 7) is 2.60. The Balaban J connectivity index is 1.73. The van der Waals surface area contributed by atoms with Crippen molar-refractivity contribution in [3.63, 3.8) is 0 Å². The Kier molecular flexibility index (Phi) is 5.08. The zero-order valence-electron chi connectivity index (χ0n) is 12.9. The molecule has 4 nitrogen and oxygen atoms in total. The quantitative estimate of drug-likeness (QED) is 0.787. The molecule has 2 N–H and O–H groups in total. The van der Waals surface area contributed by atoms with Gasteiger partial charge in [0.1, 0.15) is 0 Å². The first-order valence-electron chi connectivity index (χ1n) is 8.05. The molecule has 0 spiro atoms. The van der Waals surface area contributed by atoms with E-state index in [4.69, 9.17) is 4.74 Å². The number of ether oxygens (including phenoxy) is 1. The van der Waals surface area contributed by atoms with Crippen LogP contribution in [-0.2, 0) is 9.53 Å². The van der Waals surface area contributed by atoms with E-state index in [9.17, 15) is 9.90 Å². The number of rotatable bonds is 6. The Hall–Kier alpha value is -0.610. The van der Waals surface area contributed by atoms with E-state index < -0.39 is 5.60 Å². The van der Waals surface area contributed by atoms with Crippen molar-refractivity contribution >= 4 is 5.91 Å². The number of hydrogen-bond acceptors (Lipinski definition) is 3. The van der Waals surface area contributed by atoms with Crippen LogP contribution in [0.5, 0.6) is 0 Å². The van der Waals surface area contributed by atoms with Crippen LogP contribution in [0.2, 0.25) is 0 Å². The van der Waals surface area contributed by atoms with Crippen LogP contribution in [0.4, 0.5) is 0 Å². The fourth-order valence-electron chi connectivity index (χ4n) is 3.44. The van der Waals surface area contributed by atoms with Crippen molar-refractivity contribution in [1.29, 1.82) is 0 Å². The minimum Gasteiger partial charge on any atom is -0.388 e. The first-order valence-corrected chi connectivity index (χ1v) is 8.05. The largest absolute Gasteiger partial charge is 0.388 e. The zero-order chi connectivity index (χ0) is 14.6. The standard InChI is InChI=1S/C16H29NO3/c1-3-13-5-9-15(19,10-6-13)12-17-14(18)11-16(20-2)7-4-8-16/h13,19H,3-12H2,1-2H3,(H,17,18). The average molecular weight is 283 g/mol. The molecule has 0 bridgehead atoms. The first-order chi connectivity index (χ1) is 9.51. The molecule has 4 heteroatoms. The molecule has 2 rings (SSSR count). The van der Waals surface area contributed by atoms with Gasteiger partial charge in [-0.25, -0.2) is 0 Å². The summed E-state index contributed by atoms with van der Waals surface area (Å²) >= 11 is 0. The predicted octanol–water partition coefficient (Wildman–Crippen LogP) is 2.39. The third kappa shape index (κ3) is 3.73. The van der Waals surface area contributed by atoms with Crippen molar-refractivity contribution in [2.75, 3.05) is 13.7 Å². The summed E-state index contributed by atoms with van der Waals surface area (Å²) < 4.78 is 5.47. The number of carbonyl (C=O) groups is 1. The lowest BCUT2D eigenvalue weighted by molar-refractivity contribution is -0.135. The fourth-order valence-corrected chi connectivity index (χ4v) is 3.44. The van der Waals surface area contributed by atoms with Gasteiger partial charge in [0.15, 0.2) is 0 Å². The highest BCUT2D eigenvalue weighted by atomic mass is 16.5. The average Bonchev–Trinajstić information content (AvgIpc) is 2.42. The van der Waals surface area contributed by atoms with Crippen molar-refractivity contribution < 1.29 is 14.6 Å². The van der Waals surface area contributed by atoms with Crippen molar-refractivity contribution in [2.45, 2.75) is 75.9 Å². The molecule has 0 aromatic carbocycles. The van der Waals surface area contributed by atoms with Gasteiger partial charge >= 0.3 is 0 Å². The summed E-state index contributed by atoms with van der Waals surface area (Å²) in [6, 6.07) is 0. The monoisotopic (exact) mass is 283 g/mol. The maximum Gasteiger partial charge on any atom is 0.223 e. The van der Waals surface area contributed by atoms with Crippen molar-refractivity contribution in [2.24, 2.45) is 5.92 Å². The zero-order valence-corrected chi connectivity index (χ0v) is 12.9. The van der Waals surface area contributed by atoms with Crippen LogP contribution in [0, 0.1) is 5.92 Å². The molecule has 1 amide bonds. The van der Waals surface area contributed by atoms with Crippen LogP contribution in [0.1, 0.15) is 64.7 Å². The number of aliphatic hydroxyl groups is 1. The first kappa shape index (κ1) is 15.8. The lowest BCUT2D eigenvalue weighted by Gasteiger charge is -2.40. The van der Waals surface area contributed by atoms with E-state index in [0.29, 0.717) is 13.0 Å². The molecule has 0 aromatic heterocycles. The van der Waals surface area contributed by atoms with Gasteiger partial charge in [-0.3, -0.25) is 4.79 Å². The number of nitrogens with one attached hydrogen (secondary N) is 1. The molecule has 0 atom stereocenters. The second-order valence-corrected chi connectivity index (χ2v) is 6.77. The van der Waals surface area contributed by atoms with E-state index in [0.717, 1.165) is 50.9 Å². The normalized spacial score (nSPS) is 32.5. The lowest BCUT2D eigenvalue weighted by Crippen LogP contribution is -2.48. The molecule has 0 radical (unpaired) electrons. The maximum atomic E-state index is 12.0. The fraction of sp³-hybridized carbons (Fsp3) is 0.938. The van der Waals surface area contributed by atoms with Gasteiger partial charge in [-0.15, -0.1) is 0 Å². The van der Waals surface area contributed by atoms with E-state index in [-0.39, 0.29) is 11.5 Å². The molecule has 0 saturated heterocycles. The summed E-state index contributed by atoms with van der Waals surface area (Å²) in [5.41, 5.74) is -0.923. The van der Waals surface area contributed by atoms with Gasteiger partial charge in [0.05, 0.1) is 17.6 Å². The smallest absolute Gasteiger partial charge is 0.223 e. The number of hydrogen-bond donors (Lipinski definition) is 2. The van der Waals surface area contributed by atoms with E-state index in [1.165, 1.54) is 6.42 Å². The van der Waals surface area contributed by atoms with Gasteiger partial charge in [-0.2, -0.15) is 0 Å². The van der Waals surface area contributed by atoms with Crippen LogP contribution in [-0.4, -0.2) is 35.9 Å². The van der Waals surface area contributed by atoms with E-state index in [1.54, 1.807) is 7.11 Å². The molecule has 0 aromatic rings. The Labute approximate surface area is 122 Å². The van der Waals surface area contributed by atoms with E-state index in [2.05, 4.69) is 12.2 Å². The molecule has 2 saturated carbocycles. The van der Waals surface area contributed by atoms with Crippen LogP contribution in [0.15, 0.2) is 0 Å². The second-order valence-electron chi connectivity index (χ2n) is 6.77. The molecular weight excluding hydrogens is 254 g/mol. The highest BCUT2D eigenvalue weighted by Gasteiger charge is 2.39. The minimum absolute atomic E-state index is 0.0117.